The normalized spacial score (nSPS) is 16.7. The van der Waals surface area contributed by atoms with Gasteiger partial charge in [-0.3, -0.25) is 9.89 Å². The third kappa shape index (κ3) is 4.62. The molecular formula is C18H22Cl2N4OS. The minimum absolute atomic E-state index is 0. The van der Waals surface area contributed by atoms with Crippen molar-refractivity contribution in [2.45, 2.75) is 17.7 Å². The molecule has 1 saturated heterocycles. The smallest absolute Gasteiger partial charge is 0.244 e. The molecule has 1 fully saturated rings. The van der Waals surface area contributed by atoms with Crippen LogP contribution in [-0.4, -0.2) is 35.7 Å². The Morgan fingerprint density at radius 2 is 2.12 bits per heavy atom. The van der Waals surface area contributed by atoms with Gasteiger partial charge in [-0.2, -0.15) is 5.10 Å². The maximum absolute atomic E-state index is 12.0. The fourth-order valence-electron chi connectivity index (χ4n) is 3.18. The molecule has 140 valence electrons. The van der Waals surface area contributed by atoms with Crippen LogP contribution < -0.4 is 10.6 Å². The van der Waals surface area contributed by atoms with E-state index in [0.29, 0.717) is 5.92 Å². The molecule has 3 heterocycles. The minimum atomic E-state index is -0.0268. The lowest BCUT2D eigenvalue weighted by molar-refractivity contribution is -0.116. The van der Waals surface area contributed by atoms with Crippen LogP contribution in [0.1, 0.15) is 18.5 Å². The van der Waals surface area contributed by atoms with Crippen molar-refractivity contribution >= 4 is 59.5 Å². The Bertz CT molecular complexity index is 828. The number of halogens is 2. The fourth-order valence-corrected chi connectivity index (χ4v) is 4.20. The zero-order valence-electron chi connectivity index (χ0n) is 14.2. The van der Waals surface area contributed by atoms with E-state index in [0.717, 1.165) is 54.0 Å². The second-order valence-corrected chi connectivity index (χ2v) is 7.32. The number of carbonyl (C=O) groups is 1. The molecular weight excluding hydrogens is 391 g/mol. The van der Waals surface area contributed by atoms with E-state index >= 15 is 0 Å². The molecule has 2 aliphatic heterocycles. The topological polar surface area (TPSA) is 69.8 Å². The second kappa shape index (κ2) is 9.46. The summed E-state index contributed by atoms with van der Waals surface area (Å²) >= 11 is 1.67. The predicted molar refractivity (Wildman–Crippen MR) is 112 cm³/mol. The molecule has 1 aromatic heterocycles. The van der Waals surface area contributed by atoms with Crippen LogP contribution >= 0.6 is 36.6 Å². The summed E-state index contributed by atoms with van der Waals surface area (Å²) in [5, 5.41) is 14.9. The Morgan fingerprint density at radius 3 is 2.92 bits per heavy atom. The van der Waals surface area contributed by atoms with Gasteiger partial charge in [0.1, 0.15) is 0 Å². The zero-order chi connectivity index (χ0) is 16.4. The van der Waals surface area contributed by atoms with E-state index in [1.165, 1.54) is 4.90 Å². The molecule has 2 aromatic rings. The van der Waals surface area contributed by atoms with Gasteiger partial charge in [0.15, 0.2) is 0 Å². The lowest BCUT2D eigenvalue weighted by Crippen LogP contribution is -2.35. The van der Waals surface area contributed by atoms with Gasteiger partial charge in [-0.15, -0.1) is 24.8 Å². The van der Waals surface area contributed by atoms with Gasteiger partial charge in [-0.25, -0.2) is 0 Å². The number of H-pyrrole nitrogens is 1. The van der Waals surface area contributed by atoms with Crippen molar-refractivity contribution < 1.29 is 4.79 Å². The Hall–Kier alpha value is -1.47. The number of aromatic nitrogens is 2. The predicted octanol–water partition coefficient (Wildman–Crippen LogP) is 3.53. The number of piperidine rings is 1. The van der Waals surface area contributed by atoms with Gasteiger partial charge in [-0.1, -0.05) is 17.8 Å². The van der Waals surface area contributed by atoms with E-state index in [2.05, 4.69) is 26.9 Å². The maximum Gasteiger partial charge on any atom is 0.244 e. The summed E-state index contributed by atoms with van der Waals surface area (Å²) in [5.41, 5.74) is 1.99. The monoisotopic (exact) mass is 412 g/mol. The van der Waals surface area contributed by atoms with Crippen LogP contribution in [0.2, 0.25) is 0 Å². The number of rotatable bonds is 4. The standard InChI is InChI=1S/C18H20N4OS.2ClH/c23-17(20-11-12-6-8-19-9-7-12)5-4-13-10-15-18-14(21-22-15)2-1-3-16(18)24-13;;/h1-5,10,12,19H,6-9,11H2,(H,20,23)(H,21,22);2*1H. The summed E-state index contributed by atoms with van der Waals surface area (Å²) < 4.78 is 0. The quantitative estimate of drug-likeness (QED) is 0.671. The summed E-state index contributed by atoms with van der Waals surface area (Å²) in [7, 11) is 0. The van der Waals surface area contributed by atoms with Crippen molar-refractivity contribution in [2.24, 2.45) is 5.92 Å². The Morgan fingerprint density at radius 1 is 1.31 bits per heavy atom. The number of hydrogen-bond acceptors (Lipinski definition) is 4. The first-order valence-electron chi connectivity index (χ1n) is 8.33. The van der Waals surface area contributed by atoms with Gasteiger partial charge < -0.3 is 10.6 Å². The largest absolute Gasteiger partial charge is 0.352 e. The average Bonchev–Trinajstić information content (AvgIpc) is 3.04. The highest BCUT2D eigenvalue weighted by Crippen LogP contribution is 2.40. The number of carbonyl (C=O) groups excluding carboxylic acids is 1. The molecule has 1 aromatic carbocycles. The lowest BCUT2D eigenvalue weighted by atomic mass is 9.98. The number of aromatic amines is 1. The van der Waals surface area contributed by atoms with Crippen molar-refractivity contribution in [3.8, 4) is 0 Å². The summed E-state index contributed by atoms with van der Waals surface area (Å²) in [4.78, 5) is 14.2. The first kappa shape index (κ1) is 20.8. The van der Waals surface area contributed by atoms with Crippen molar-refractivity contribution in [2.75, 3.05) is 19.6 Å². The van der Waals surface area contributed by atoms with Gasteiger partial charge in [-0.05, 0) is 56.1 Å². The Labute approximate surface area is 169 Å². The highest BCUT2D eigenvalue weighted by molar-refractivity contribution is 8.03. The van der Waals surface area contributed by atoms with E-state index in [9.17, 15) is 4.79 Å². The summed E-state index contributed by atoms with van der Waals surface area (Å²) in [6.45, 7) is 2.87. The van der Waals surface area contributed by atoms with Crippen molar-refractivity contribution in [3.63, 3.8) is 0 Å². The average molecular weight is 413 g/mol. The minimum Gasteiger partial charge on any atom is -0.352 e. The van der Waals surface area contributed by atoms with Crippen molar-refractivity contribution in [1.29, 1.82) is 0 Å². The van der Waals surface area contributed by atoms with Crippen LogP contribution in [0.15, 0.2) is 40.2 Å². The van der Waals surface area contributed by atoms with Gasteiger partial charge in [0.25, 0.3) is 0 Å². The third-order valence-corrected chi connectivity index (χ3v) is 5.56. The molecule has 26 heavy (non-hydrogen) atoms. The van der Waals surface area contributed by atoms with Crippen molar-refractivity contribution in [1.82, 2.24) is 20.8 Å². The molecule has 0 atom stereocenters. The number of hydrogen-bond donors (Lipinski definition) is 3. The third-order valence-electron chi connectivity index (χ3n) is 4.51. The molecule has 2 aliphatic rings. The van der Waals surface area contributed by atoms with Crippen LogP contribution in [-0.2, 0) is 4.79 Å². The number of thioether (sulfide) groups is 1. The number of amides is 1. The number of nitrogens with one attached hydrogen (secondary N) is 3. The number of benzene rings is 1. The molecule has 3 N–H and O–H groups in total. The van der Waals surface area contributed by atoms with E-state index in [1.54, 1.807) is 17.8 Å². The number of nitrogens with zero attached hydrogens (tertiary/aromatic N) is 1. The van der Waals surface area contributed by atoms with E-state index < -0.39 is 0 Å². The van der Waals surface area contributed by atoms with Gasteiger partial charge in [0.2, 0.25) is 5.91 Å². The molecule has 0 radical (unpaired) electrons. The Kier molecular flexibility index (Phi) is 7.58. The molecule has 5 nitrogen and oxygen atoms in total. The summed E-state index contributed by atoms with van der Waals surface area (Å²) in [5.74, 6) is 0.567. The van der Waals surface area contributed by atoms with Crippen LogP contribution in [0, 0.1) is 5.92 Å². The van der Waals surface area contributed by atoms with E-state index in [-0.39, 0.29) is 30.7 Å². The van der Waals surface area contributed by atoms with E-state index in [4.69, 9.17) is 0 Å². The van der Waals surface area contributed by atoms with Crippen LogP contribution in [0.4, 0.5) is 0 Å². The SMILES string of the molecule is Cl.Cl.O=C(C=CC1=Cc2n[nH]c3cccc(c23)S1)NCC1CCNCC1. The van der Waals surface area contributed by atoms with Crippen LogP contribution in [0.25, 0.3) is 17.0 Å². The Balaban J connectivity index is 0.00000121. The lowest BCUT2D eigenvalue weighted by Gasteiger charge is -2.22. The van der Waals surface area contributed by atoms with Crippen LogP contribution in [0.5, 0.6) is 0 Å². The van der Waals surface area contributed by atoms with Gasteiger partial charge in [0.05, 0.1) is 11.2 Å². The maximum atomic E-state index is 12.0. The molecule has 1 amide bonds. The fraction of sp³-hybridized carbons (Fsp3) is 0.333. The molecule has 0 saturated carbocycles. The highest BCUT2D eigenvalue weighted by Gasteiger charge is 2.16. The molecule has 0 unspecified atom stereocenters. The number of allylic oxidation sites excluding steroid dienone is 1. The van der Waals surface area contributed by atoms with E-state index in [1.807, 2.05) is 24.3 Å². The molecule has 4 rings (SSSR count). The molecule has 0 aliphatic carbocycles. The molecule has 0 spiro atoms. The summed E-state index contributed by atoms with van der Waals surface area (Å²) in [6.07, 6.45) is 7.79. The first-order valence-corrected chi connectivity index (χ1v) is 9.14. The first-order chi connectivity index (χ1) is 11.8. The molecule has 0 bridgehead atoms. The summed E-state index contributed by atoms with van der Waals surface area (Å²) in [6, 6.07) is 6.13. The van der Waals surface area contributed by atoms with Crippen molar-refractivity contribution in [3.05, 3.63) is 41.0 Å². The molecule has 8 heteroatoms. The zero-order valence-corrected chi connectivity index (χ0v) is 16.6. The van der Waals surface area contributed by atoms with Gasteiger partial charge in [0, 0.05) is 27.8 Å². The van der Waals surface area contributed by atoms with Crippen LogP contribution in [0.3, 0.4) is 0 Å². The highest BCUT2D eigenvalue weighted by atomic mass is 35.5. The van der Waals surface area contributed by atoms with Gasteiger partial charge >= 0.3 is 0 Å². The second-order valence-electron chi connectivity index (χ2n) is 6.21.